The first-order chi connectivity index (χ1) is 7.66. The minimum absolute atomic E-state index is 0.0120. The molecule has 0 aromatic heterocycles. The lowest BCUT2D eigenvalue weighted by Crippen LogP contribution is -2.32. The van der Waals surface area contributed by atoms with Gasteiger partial charge in [0, 0.05) is 12.0 Å². The van der Waals surface area contributed by atoms with E-state index in [0.29, 0.717) is 6.54 Å². The van der Waals surface area contributed by atoms with Gasteiger partial charge in [0.15, 0.2) is 0 Å². The molecular formula is C12H14FNO2. The molecule has 1 amide bonds. The zero-order chi connectivity index (χ0) is 11.6. The number of benzene rings is 1. The maximum Gasteiger partial charge on any atom is 0.406 e. The second kappa shape index (κ2) is 4.12. The number of hydrogen-bond donors (Lipinski definition) is 1. The standard InChI is InChI=1S/C12H14FNO2/c1-16-11(15)14-8-12(6-7-12)9-2-4-10(13)5-3-9/h2-5H,6-8H2,1H3,(H,14,15). The zero-order valence-electron chi connectivity index (χ0n) is 9.13. The van der Waals surface area contributed by atoms with Crippen molar-refractivity contribution in [3.05, 3.63) is 35.6 Å². The lowest BCUT2D eigenvalue weighted by molar-refractivity contribution is 0.170. The third kappa shape index (κ3) is 2.15. The Bertz CT molecular complexity index is 385. The highest BCUT2D eigenvalue weighted by Crippen LogP contribution is 2.47. The minimum Gasteiger partial charge on any atom is -0.453 e. The number of rotatable bonds is 3. The SMILES string of the molecule is COC(=O)NCC1(c2ccc(F)cc2)CC1. The van der Waals surface area contributed by atoms with Gasteiger partial charge in [0.25, 0.3) is 0 Å². The number of ether oxygens (including phenoxy) is 1. The fourth-order valence-electron chi connectivity index (χ4n) is 1.84. The highest BCUT2D eigenvalue weighted by Gasteiger charge is 2.44. The predicted molar refractivity (Wildman–Crippen MR) is 57.7 cm³/mol. The second-order valence-electron chi connectivity index (χ2n) is 4.13. The van der Waals surface area contributed by atoms with E-state index in [9.17, 15) is 9.18 Å². The quantitative estimate of drug-likeness (QED) is 0.853. The average molecular weight is 223 g/mol. The van der Waals surface area contributed by atoms with Gasteiger partial charge in [0.2, 0.25) is 0 Å². The van der Waals surface area contributed by atoms with Crippen molar-refractivity contribution in [3.63, 3.8) is 0 Å². The van der Waals surface area contributed by atoms with Crippen molar-refractivity contribution in [1.29, 1.82) is 0 Å². The van der Waals surface area contributed by atoms with Crippen molar-refractivity contribution >= 4 is 6.09 Å². The Morgan fingerprint density at radius 1 is 1.44 bits per heavy atom. The van der Waals surface area contributed by atoms with Gasteiger partial charge in [-0.2, -0.15) is 0 Å². The van der Waals surface area contributed by atoms with E-state index in [0.717, 1.165) is 18.4 Å². The highest BCUT2D eigenvalue weighted by atomic mass is 19.1. The van der Waals surface area contributed by atoms with E-state index < -0.39 is 6.09 Å². The summed E-state index contributed by atoms with van der Waals surface area (Å²) >= 11 is 0. The molecule has 0 unspecified atom stereocenters. The molecular weight excluding hydrogens is 209 g/mol. The van der Waals surface area contributed by atoms with Crippen molar-refractivity contribution in [2.75, 3.05) is 13.7 Å². The van der Waals surface area contributed by atoms with Crippen molar-refractivity contribution < 1.29 is 13.9 Å². The van der Waals surface area contributed by atoms with Gasteiger partial charge >= 0.3 is 6.09 Å². The molecule has 2 rings (SSSR count). The average Bonchev–Trinajstić information content (AvgIpc) is 3.08. The van der Waals surface area contributed by atoms with Crippen LogP contribution in [-0.2, 0) is 10.2 Å². The number of carbonyl (C=O) groups is 1. The molecule has 0 bridgehead atoms. The van der Waals surface area contributed by atoms with E-state index in [2.05, 4.69) is 10.1 Å². The number of alkyl carbamates (subject to hydrolysis) is 1. The third-order valence-corrected chi connectivity index (χ3v) is 3.07. The molecule has 0 aliphatic heterocycles. The van der Waals surface area contributed by atoms with Gasteiger partial charge in [-0.05, 0) is 30.5 Å². The van der Waals surface area contributed by atoms with Crippen LogP contribution in [0.5, 0.6) is 0 Å². The molecule has 0 heterocycles. The fraction of sp³-hybridized carbons (Fsp3) is 0.417. The van der Waals surface area contributed by atoms with Gasteiger partial charge < -0.3 is 10.1 Å². The van der Waals surface area contributed by atoms with Crippen LogP contribution < -0.4 is 5.32 Å². The van der Waals surface area contributed by atoms with E-state index in [1.165, 1.54) is 19.2 Å². The molecule has 4 heteroatoms. The largest absolute Gasteiger partial charge is 0.453 e. The lowest BCUT2D eigenvalue weighted by Gasteiger charge is -2.15. The van der Waals surface area contributed by atoms with Crippen LogP contribution in [0.1, 0.15) is 18.4 Å². The van der Waals surface area contributed by atoms with E-state index in [4.69, 9.17) is 0 Å². The topological polar surface area (TPSA) is 38.3 Å². The van der Waals surface area contributed by atoms with Crippen LogP contribution in [0.25, 0.3) is 0 Å². The van der Waals surface area contributed by atoms with Gasteiger partial charge in [-0.1, -0.05) is 12.1 Å². The Morgan fingerprint density at radius 3 is 2.56 bits per heavy atom. The monoisotopic (exact) mass is 223 g/mol. The van der Waals surface area contributed by atoms with Crippen molar-refractivity contribution in [1.82, 2.24) is 5.32 Å². The van der Waals surface area contributed by atoms with Gasteiger partial charge in [0.1, 0.15) is 5.82 Å². The number of methoxy groups -OCH3 is 1. The molecule has 0 spiro atoms. The van der Waals surface area contributed by atoms with Crippen LogP contribution in [0.2, 0.25) is 0 Å². The lowest BCUT2D eigenvalue weighted by atomic mass is 9.96. The first-order valence-electron chi connectivity index (χ1n) is 5.24. The fourth-order valence-corrected chi connectivity index (χ4v) is 1.84. The Morgan fingerprint density at radius 2 is 2.06 bits per heavy atom. The zero-order valence-corrected chi connectivity index (χ0v) is 9.13. The summed E-state index contributed by atoms with van der Waals surface area (Å²) in [6, 6.07) is 6.46. The molecule has 3 nitrogen and oxygen atoms in total. The molecule has 0 saturated heterocycles. The summed E-state index contributed by atoms with van der Waals surface area (Å²) in [6.45, 7) is 0.547. The van der Waals surface area contributed by atoms with E-state index in [-0.39, 0.29) is 11.2 Å². The minimum atomic E-state index is -0.423. The summed E-state index contributed by atoms with van der Waals surface area (Å²) in [5, 5.41) is 2.69. The van der Waals surface area contributed by atoms with Crippen LogP contribution in [0.15, 0.2) is 24.3 Å². The molecule has 1 fully saturated rings. The van der Waals surface area contributed by atoms with Gasteiger partial charge in [-0.25, -0.2) is 9.18 Å². The Balaban J connectivity index is 2.02. The number of nitrogens with one attached hydrogen (secondary N) is 1. The van der Waals surface area contributed by atoms with E-state index in [1.807, 2.05) is 0 Å². The highest BCUT2D eigenvalue weighted by molar-refractivity contribution is 5.67. The number of carbonyl (C=O) groups excluding carboxylic acids is 1. The maximum absolute atomic E-state index is 12.8. The molecule has 16 heavy (non-hydrogen) atoms. The number of amides is 1. The van der Waals surface area contributed by atoms with E-state index >= 15 is 0 Å². The van der Waals surface area contributed by atoms with Gasteiger partial charge in [-0.3, -0.25) is 0 Å². The van der Waals surface area contributed by atoms with E-state index in [1.54, 1.807) is 12.1 Å². The molecule has 1 aliphatic rings. The third-order valence-electron chi connectivity index (χ3n) is 3.07. The van der Waals surface area contributed by atoms with Gasteiger partial charge in [-0.15, -0.1) is 0 Å². The van der Waals surface area contributed by atoms with Crippen molar-refractivity contribution in [2.45, 2.75) is 18.3 Å². The van der Waals surface area contributed by atoms with Crippen molar-refractivity contribution in [3.8, 4) is 0 Å². The van der Waals surface area contributed by atoms with Crippen LogP contribution in [0.4, 0.5) is 9.18 Å². The first-order valence-corrected chi connectivity index (χ1v) is 5.24. The molecule has 86 valence electrons. The molecule has 1 N–H and O–H groups in total. The molecule has 0 atom stereocenters. The van der Waals surface area contributed by atoms with Crippen molar-refractivity contribution in [2.24, 2.45) is 0 Å². The molecule has 1 saturated carbocycles. The summed E-state index contributed by atoms with van der Waals surface area (Å²) in [6.07, 6.45) is 1.61. The Kier molecular flexibility index (Phi) is 2.81. The van der Waals surface area contributed by atoms with Gasteiger partial charge in [0.05, 0.1) is 7.11 Å². The summed E-state index contributed by atoms with van der Waals surface area (Å²) in [7, 11) is 1.34. The summed E-state index contributed by atoms with van der Waals surface area (Å²) in [5.41, 5.74) is 1.06. The second-order valence-corrected chi connectivity index (χ2v) is 4.13. The number of halogens is 1. The molecule has 1 aromatic rings. The number of hydrogen-bond acceptors (Lipinski definition) is 2. The molecule has 0 radical (unpaired) electrons. The summed E-state index contributed by atoms with van der Waals surface area (Å²) in [4.78, 5) is 11.0. The van der Waals surface area contributed by atoms with Crippen LogP contribution in [0, 0.1) is 5.82 Å². The summed E-state index contributed by atoms with van der Waals surface area (Å²) in [5.74, 6) is -0.236. The van der Waals surface area contributed by atoms with Crippen LogP contribution >= 0.6 is 0 Å². The Hall–Kier alpha value is -1.58. The van der Waals surface area contributed by atoms with Crippen LogP contribution in [0.3, 0.4) is 0 Å². The Labute approximate surface area is 93.6 Å². The normalized spacial score (nSPS) is 16.6. The maximum atomic E-state index is 12.8. The molecule has 1 aromatic carbocycles. The molecule has 1 aliphatic carbocycles. The smallest absolute Gasteiger partial charge is 0.406 e. The summed E-state index contributed by atoms with van der Waals surface area (Å²) < 4.78 is 17.3. The van der Waals surface area contributed by atoms with Crippen LogP contribution in [-0.4, -0.2) is 19.7 Å². The first kappa shape index (κ1) is 10.9. The predicted octanol–water partition coefficient (Wildman–Crippen LogP) is 2.21.